The Morgan fingerprint density at radius 1 is 1.67 bits per heavy atom. The average Bonchev–Trinajstić information content (AvgIpc) is 1.65. The van der Waals surface area contributed by atoms with Crippen LogP contribution in [0.1, 0.15) is 0 Å². The molecule has 0 fully saturated rings. The molecule has 0 aromatic rings. The van der Waals surface area contributed by atoms with Crippen LogP contribution in [0.15, 0.2) is 0 Å². The molecule has 6 heavy (non-hydrogen) atoms. The number of rotatable bonds is 2. The molecule has 0 aromatic carbocycles. The zero-order valence-electron chi connectivity index (χ0n) is 3.73. The van der Waals surface area contributed by atoms with E-state index in [0.717, 1.165) is 0 Å². The fourth-order valence-electron chi connectivity index (χ4n) is 0.0833. The molecule has 38 valence electrons. The molecule has 4 heteroatoms. The fraction of sp³-hybridized carbons (Fsp3) is 1.00. The summed E-state index contributed by atoms with van der Waals surface area (Å²) in [6, 6.07) is 0. The van der Waals surface area contributed by atoms with Gasteiger partial charge in [0.2, 0.25) is 0 Å². The van der Waals surface area contributed by atoms with Crippen molar-refractivity contribution >= 4 is 0 Å². The van der Waals surface area contributed by atoms with Gasteiger partial charge in [-0.3, -0.25) is 11.2 Å². The maximum atomic E-state index is 5.12. The quantitative estimate of drug-likeness (QED) is 0.178. The summed E-state index contributed by atoms with van der Waals surface area (Å²) in [4.78, 5) is 0. The van der Waals surface area contributed by atoms with Gasteiger partial charge >= 0.3 is 0 Å². The van der Waals surface area contributed by atoms with Gasteiger partial charge in [0.15, 0.2) is 0 Å². The average molecular weight is 90.1 g/mol. The first kappa shape index (κ1) is 5.84. The minimum atomic E-state index is -0.287. The molecule has 1 atom stereocenters. The Balaban J connectivity index is 2.75. The third-order valence-electron chi connectivity index (χ3n) is 0.491. The molecule has 0 aliphatic heterocycles. The SMILES string of the molecule is CNC(N)NN. The number of hydrogen-bond acceptors (Lipinski definition) is 4. The van der Waals surface area contributed by atoms with E-state index in [2.05, 4.69) is 10.7 Å². The van der Waals surface area contributed by atoms with E-state index in [-0.39, 0.29) is 6.29 Å². The van der Waals surface area contributed by atoms with Crippen LogP contribution >= 0.6 is 0 Å². The van der Waals surface area contributed by atoms with Crippen molar-refractivity contribution in [1.29, 1.82) is 0 Å². The highest BCUT2D eigenvalue weighted by molar-refractivity contribution is 4.39. The van der Waals surface area contributed by atoms with E-state index in [1.54, 1.807) is 7.05 Å². The van der Waals surface area contributed by atoms with Crippen molar-refractivity contribution in [3.63, 3.8) is 0 Å². The Hall–Kier alpha value is -0.160. The minimum Gasteiger partial charge on any atom is -0.303 e. The van der Waals surface area contributed by atoms with E-state index in [1.165, 1.54) is 0 Å². The summed E-state index contributed by atoms with van der Waals surface area (Å²) in [6.45, 7) is 0. The Morgan fingerprint density at radius 3 is 2.17 bits per heavy atom. The second-order valence-electron chi connectivity index (χ2n) is 0.933. The maximum Gasteiger partial charge on any atom is 0.121 e. The Labute approximate surface area is 36.9 Å². The normalized spacial score (nSPS) is 14.5. The lowest BCUT2D eigenvalue weighted by Crippen LogP contribution is -2.50. The topological polar surface area (TPSA) is 76.1 Å². The van der Waals surface area contributed by atoms with Gasteiger partial charge in [0.05, 0.1) is 0 Å². The van der Waals surface area contributed by atoms with Crippen molar-refractivity contribution in [2.75, 3.05) is 7.05 Å². The first-order valence-corrected chi connectivity index (χ1v) is 1.70. The standard InChI is InChI=1S/C2H10N4/c1-5-2(3)6-4/h2,5-6H,3-4H2,1H3. The van der Waals surface area contributed by atoms with Crippen molar-refractivity contribution in [1.82, 2.24) is 10.7 Å². The van der Waals surface area contributed by atoms with Crippen LogP contribution in [0.3, 0.4) is 0 Å². The van der Waals surface area contributed by atoms with Crippen molar-refractivity contribution < 1.29 is 0 Å². The fourth-order valence-corrected chi connectivity index (χ4v) is 0.0833. The van der Waals surface area contributed by atoms with Crippen LogP contribution in [-0.2, 0) is 0 Å². The zero-order valence-corrected chi connectivity index (χ0v) is 3.73. The lowest BCUT2D eigenvalue weighted by molar-refractivity contribution is 0.484. The summed E-state index contributed by atoms with van der Waals surface area (Å²) in [5, 5.41) is 2.66. The largest absolute Gasteiger partial charge is 0.303 e. The molecule has 1 unspecified atom stereocenters. The number of hydrazine groups is 1. The summed E-state index contributed by atoms with van der Waals surface area (Å²) < 4.78 is 0. The highest BCUT2D eigenvalue weighted by Crippen LogP contribution is 1.43. The predicted molar refractivity (Wildman–Crippen MR) is 24.4 cm³/mol. The lowest BCUT2D eigenvalue weighted by atomic mass is 10.9. The molecule has 0 saturated heterocycles. The maximum absolute atomic E-state index is 5.12. The van der Waals surface area contributed by atoms with Crippen LogP contribution in [0.5, 0.6) is 0 Å². The van der Waals surface area contributed by atoms with E-state index >= 15 is 0 Å². The van der Waals surface area contributed by atoms with Crippen LogP contribution in [0.2, 0.25) is 0 Å². The van der Waals surface area contributed by atoms with Gasteiger partial charge in [0.1, 0.15) is 6.29 Å². The van der Waals surface area contributed by atoms with Crippen LogP contribution < -0.4 is 22.3 Å². The second kappa shape index (κ2) is 3.05. The van der Waals surface area contributed by atoms with Crippen molar-refractivity contribution in [2.45, 2.75) is 6.29 Å². The van der Waals surface area contributed by atoms with Crippen molar-refractivity contribution in [3.05, 3.63) is 0 Å². The minimum absolute atomic E-state index is 0.287. The Kier molecular flexibility index (Phi) is 2.97. The second-order valence-corrected chi connectivity index (χ2v) is 0.933. The first-order valence-electron chi connectivity index (χ1n) is 1.70. The number of nitrogens with one attached hydrogen (secondary N) is 2. The first-order chi connectivity index (χ1) is 2.81. The van der Waals surface area contributed by atoms with E-state index in [4.69, 9.17) is 11.6 Å². The van der Waals surface area contributed by atoms with E-state index in [9.17, 15) is 0 Å². The van der Waals surface area contributed by atoms with E-state index < -0.39 is 0 Å². The molecule has 0 heterocycles. The molecule has 0 aromatic heterocycles. The van der Waals surface area contributed by atoms with Gasteiger partial charge in [0.25, 0.3) is 0 Å². The molecular weight excluding hydrogens is 80.0 g/mol. The van der Waals surface area contributed by atoms with Crippen LogP contribution in [0.4, 0.5) is 0 Å². The van der Waals surface area contributed by atoms with Crippen LogP contribution in [-0.4, -0.2) is 13.3 Å². The van der Waals surface area contributed by atoms with E-state index in [1.807, 2.05) is 0 Å². The lowest BCUT2D eigenvalue weighted by Gasteiger charge is -2.04. The predicted octanol–water partition coefficient (Wildman–Crippen LogP) is -2.09. The molecule has 0 bridgehead atoms. The van der Waals surface area contributed by atoms with Gasteiger partial charge in [-0.1, -0.05) is 0 Å². The molecule has 6 N–H and O–H groups in total. The molecule has 0 aliphatic carbocycles. The molecule has 4 nitrogen and oxygen atoms in total. The highest BCUT2D eigenvalue weighted by Gasteiger charge is 1.84. The van der Waals surface area contributed by atoms with Gasteiger partial charge in [-0.25, -0.2) is 5.43 Å². The van der Waals surface area contributed by atoms with Gasteiger partial charge < -0.3 is 5.73 Å². The van der Waals surface area contributed by atoms with Gasteiger partial charge in [-0.2, -0.15) is 0 Å². The molecule has 0 spiro atoms. The van der Waals surface area contributed by atoms with Crippen molar-refractivity contribution in [2.24, 2.45) is 11.6 Å². The third kappa shape index (κ3) is 2.10. The molecule has 0 rings (SSSR count). The monoisotopic (exact) mass is 90.1 g/mol. The molecular formula is C2H10N4. The molecule has 0 saturated carbocycles. The number of nitrogens with two attached hydrogens (primary N) is 2. The van der Waals surface area contributed by atoms with Gasteiger partial charge in [0, 0.05) is 0 Å². The number of hydrogen-bond donors (Lipinski definition) is 4. The molecule has 0 aliphatic rings. The summed E-state index contributed by atoms with van der Waals surface area (Å²) in [7, 11) is 1.71. The van der Waals surface area contributed by atoms with E-state index in [0.29, 0.717) is 0 Å². The zero-order chi connectivity index (χ0) is 4.99. The highest BCUT2D eigenvalue weighted by atomic mass is 15.4. The molecule has 0 amide bonds. The van der Waals surface area contributed by atoms with Crippen LogP contribution in [0, 0.1) is 0 Å². The Morgan fingerprint density at radius 2 is 2.17 bits per heavy atom. The molecule has 0 radical (unpaired) electrons. The summed E-state index contributed by atoms with van der Waals surface area (Å²) in [5.74, 6) is 4.85. The summed E-state index contributed by atoms with van der Waals surface area (Å²) in [6.07, 6.45) is -0.287. The Bertz CT molecular complexity index is 24.7. The summed E-state index contributed by atoms with van der Waals surface area (Å²) >= 11 is 0. The smallest absolute Gasteiger partial charge is 0.121 e. The van der Waals surface area contributed by atoms with Crippen molar-refractivity contribution in [3.8, 4) is 0 Å². The van der Waals surface area contributed by atoms with Gasteiger partial charge in [-0.15, -0.1) is 0 Å². The summed E-state index contributed by atoms with van der Waals surface area (Å²) in [5.41, 5.74) is 7.41. The van der Waals surface area contributed by atoms with Crippen LogP contribution in [0.25, 0.3) is 0 Å². The van der Waals surface area contributed by atoms with Gasteiger partial charge in [-0.05, 0) is 7.05 Å². The third-order valence-corrected chi connectivity index (χ3v) is 0.491.